The predicted molar refractivity (Wildman–Crippen MR) is 76.1 cm³/mol. The smallest absolute Gasteiger partial charge is 0.254 e. The summed E-state index contributed by atoms with van der Waals surface area (Å²) in [7, 11) is 0. The SMILES string of the molecule is Cc1cc(C(N)=O)cc(C(=O)N(C(C)C)C(C)C)c1. The molecule has 0 aliphatic carbocycles. The van der Waals surface area contributed by atoms with Gasteiger partial charge in [0.2, 0.25) is 5.91 Å². The predicted octanol–water partition coefficient (Wildman–Crippen LogP) is 2.35. The molecule has 0 radical (unpaired) electrons. The van der Waals surface area contributed by atoms with Crippen molar-refractivity contribution in [3.05, 3.63) is 34.9 Å². The summed E-state index contributed by atoms with van der Waals surface area (Å²) in [6.07, 6.45) is 0. The van der Waals surface area contributed by atoms with Crippen molar-refractivity contribution in [3.63, 3.8) is 0 Å². The van der Waals surface area contributed by atoms with Gasteiger partial charge in [-0.3, -0.25) is 9.59 Å². The number of primary amides is 1. The third-order valence-corrected chi connectivity index (χ3v) is 2.96. The van der Waals surface area contributed by atoms with Crippen LogP contribution >= 0.6 is 0 Å². The first kappa shape index (κ1) is 15.2. The lowest BCUT2D eigenvalue weighted by Crippen LogP contribution is -2.42. The molecule has 1 aromatic rings. The number of nitrogens with two attached hydrogens (primary N) is 1. The van der Waals surface area contributed by atoms with Gasteiger partial charge in [0.25, 0.3) is 5.91 Å². The molecule has 19 heavy (non-hydrogen) atoms. The van der Waals surface area contributed by atoms with Gasteiger partial charge in [-0.15, -0.1) is 0 Å². The summed E-state index contributed by atoms with van der Waals surface area (Å²) in [5.41, 5.74) is 7.02. The van der Waals surface area contributed by atoms with Gasteiger partial charge in [0.1, 0.15) is 0 Å². The second-order valence-corrected chi connectivity index (χ2v) is 5.35. The standard InChI is InChI=1S/C15H22N2O2/c1-9(2)17(10(3)4)15(19)13-7-11(5)6-12(8-13)14(16)18/h6-10H,1-5H3,(H2,16,18). The van der Waals surface area contributed by atoms with E-state index in [1.165, 1.54) is 0 Å². The molecule has 0 saturated heterocycles. The van der Waals surface area contributed by atoms with E-state index in [-0.39, 0.29) is 18.0 Å². The van der Waals surface area contributed by atoms with Gasteiger partial charge in [0.05, 0.1) is 0 Å². The van der Waals surface area contributed by atoms with E-state index in [2.05, 4.69) is 0 Å². The molecule has 0 spiro atoms. The fraction of sp³-hybridized carbons (Fsp3) is 0.467. The summed E-state index contributed by atoms with van der Waals surface area (Å²) >= 11 is 0. The summed E-state index contributed by atoms with van der Waals surface area (Å²) in [5, 5.41) is 0. The van der Waals surface area contributed by atoms with Gasteiger partial charge < -0.3 is 10.6 Å². The monoisotopic (exact) mass is 262 g/mol. The first-order chi connectivity index (χ1) is 8.73. The number of rotatable bonds is 4. The van der Waals surface area contributed by atoms with Crippen LogP contribution in [0.4, 0.5) is 0 Å². The van der Waals surface area contributed by atoms with Crippen LogP contribution in [0.15, 0.2) is 18.2 Å². The van der Waals surface area contributed by atoms with Crippen LogP contribution in [-0.4, -0.2) is 28.8 Å². The minimum atomic E-state index is -0.515. The van der Waals surface area contributed by atoms with Crippen LogP contribution in [0, 0.1) is 6.92 Å². The third-order valence-electron chi connectivity index (χ3n) is 2.96. The average molecular weight is 262 g/mol. The lowest BCUT2D eigenvalue weighted by atomic mass is 10.0. The van der Waals surface area contributed by atoms with E-state index in [9.17, 15) is 9.59 Å². The molecule has 2 amide bonds. The molecule has 4 heteroatoms. The van der Waals surface area contributed by atoms with Crippen LogP contribution in [0.1, 0.15) is 54.0 Å². The summed E-state index contributed by atoms with van der Waals surface area (Å²) in [6.45, 7) is 9.75. The Hall–Kier alpha value is -1.84. The van der Waals surface area contributed by atoms with E-state index in [0.29, 0.717) is 11.1 Å². The minimum Gasteiger partial charge on any atom is -0.366 e. The van der Waals surface area contributed by atoms with E-state index in [1.54, 1.807) is 23.1 Å². The largest absolute Gasteiger partial charge is 0.366 e. The third kappa shape index (κ3) is 3.56. The van der Waals surface area contributed by atoms with Gasteiger partial charge in [0.15, 0.2) is 0 Å². The molecule has 0 aliphatic heterocycles. The Kier molecular flexibility index (Phi) is 4.70. The topological polar surface area (TPSA) is 63.4 Å². The number of amides is 2. The van der Waals surface area contributed by atoms with Crippen molar-refractivity contribution in [2.45, 2.75) is 46.7 Å². The van der Waals surface area contributed by atoms with Gasteiger partial charge in [0, 0.05) is 23.2 Å². The van der Waals surface area contributed by atoms with Crippen molar-refractivity contribution in [2.75, 3.05) is 0 Å². The Balaban J connectivity index is 3.21. The number of carbonyl (C=O) groups is 2. The summed E-state index contributed by atoms with van der Waals surface area (Å²) in [5.74, 6) is -0.588. The van der Waals surface area contributed by atoms with E-state index >= 15 is 0 Å². The highest BCUT2D eigenvalue weighted by molar-refractivity contribution is 5.99. The average Bonchev–Trinajstić information content (AvgIpc) is 2.26. The molecule has 1 aromatic carbocycles. The van der Waals surface area contributed by atoms with E-state index in [4.69, 9.17) is 5.73 Å². The molecule has 0 aromatic heterocycles. The van der Waals surface area contributed by atoms with Crippen molar-refractivity contribution < 1.29 is 9.59 Å². The van der Waals surface area contributed by atoms with Gasteiger partial charge in [-0.1, -0.05) is 0 Å². The maximum absolute atomic E-state index is 12.5. The second-order valence-electron chi connectivity index (χ2n) is 5.35. The van der Waals surface area contributed by atoms with Crippen molar-refractivity contribution in [1.82, 2.24) is 4.90 Å². The molecule has 0 saturated carbocycles. The zero-order valence-electron chi connectivity index (χ0n) is 12.2. The molecule has 2 N–H and O–H groups in total. The lowest BCUT2D eigenvalue weighted by Gasteiger charge is -2.31. The highest BCUT2D eigenvalue weighted by atomic mass is 16.2. The van der Waals surface area contributed by atoms with Gasteiger partial charge in [-0.25, -0.2) is 0 Å². The summed E-state index contributed by atoms with van der Waals surface area (Å²) < 4.78 is 0. The van der Waals surface area contributed by atoms with Crippen LogP contribution in [0.3, 0.4) is 0 Å². The molecule has 1 rings (SSSR count). The van der Waals surface area contributed by atoms with E-state index in [1.807, 2.05) is 34.6 Å². The van der Waals surface area contributed by atoms with Crippen molar-refractivity contribution in [1.29, 1.82) is 0 Å². The Morgan fingerprint density at radius 2 is 1.47 bits per heavy atom. The number of hydrogen-bond donors (Lipinski definition) is 1. The van der Waals surface area contributed by atoms with Gasteiger partial charge >= 0.3 is 0 Å². The van der Waals surface area contributed by atoms with Crippen LogP contribution in [0.25, 0.3) is 0 Å². The number of nitrogens with zero attached hydrogens (tertiary/aromatic N) is 1. The van der Waals surface area contributed by atoms with Crippen molar-refractivity contribution in [2.24, 2.45) is 5.73 Å². The number of aryl methyl sites for hydroxylation is 1. The Morgan fingerprint density at radius 1 is 1.00 bits per heavy atom. The number of benzene rings is 1. The fourth-order valence-electron chi connectivity index (χ4n) is 2.26. The lowest BCUT2D eigenvalue weighted by molar-refractivity contribution is 0.0643. The van der Waals surface area contributed by atoms with Crippen LogP contribution in [0.5, 0.6) is 0 Å². The normalized spacial score (nSPS) is 10.9. The minimum absolute atomic E-state index is 0.0730. The van der Waals surface area contributed by atoms with Crippen LogP contribution in [0.2, 0.25) is 0 Å². The molecule has 104 valence electrons. The first-order valence-corrected chi connectivity index (χ1v) is 6.48. The van der Waals surface area contributed by atoms with Gasteiger partial charge in [-0.2, -0.15) is 0 Å². The summed E-state index contributed by atoms with van der Waals surface area (Å²) in [6, 6.07) is 5.24. The first-order valence-electron chi connectivity index (χ1n) is 6.48. The molecule has 0 heterocycles. The second kappa shape index (κ2) is 5.87. The fourth-order valence-corrected chi connectivity index (χ4v) is 2.26. The molecule has 0 aliphatic rings. The molecule has 0 atom stereocenters. The van der Waals surface area contributed by atoms with Crippen molar-refractivity contribution >= 4 is 11.8 Å². The van der Waals surface area contributed by atoms with Crippen LogP contribution < -0.4 is 5.73 Å². The van der Waals surface area contributed by atoms with Gasteiger partial charge in [-0.05, 0) is 58.4 Å². The maximum Gasteiger partial charge on any atom is 0.254 e. The van der Waals surface area contributed by atoms with E-state index in [0.717, 1.165) is 5.56 Å². The zero-order valence-corrected chi connectivity index (χ0v) is 12.2. The Labute approximate surface area is 114 Å². The highest BCUT2D eigenvalue weighted by Crippen LogP contribution is 2.15. The highest BCUT2D eigenvalue weighted by Gasteiger charge is 2.22. The molecule has 0 unspecified atom stereocenters. The molecule has 4 nitrogen and oxygen atoms in total. The molecule has 0 bridgehead atoms. The van der Waals surface area contributed by atoms with Crippen molar-refractivity contribution in [3.8, 4) is 0 Å². The maximum atomic E-state index is 12.5. The molecular formula is C15H22N2O2. The van der Waals surface area contributed by atoms with E-state index < -0.39 is 5.91 Å². The zero-order chi connectivity index (χ0) is 14.7. The molecule has 0 fully saturated rings. The Morgan fingerprint density at radius 3 is 1.89 bits per heavy atom. The Bertz CT molecular complexity index is 485. The quantitative estimate of drug-likeness (QED) is 0.905. The van der Waals surface area contributed by atoms with Crippen LogP contribution in [-0.2, 0) is 0 Å². The number of carbonyl (C=O) groups excluding carboxylic acids is 2. The summed E-state index contributed by atoms with van der Waals surface area (Å²) in [4.78, 5) is 25.6. The number of hydrogen-bond acceptors (Lipinski definition) is 2. The molecular weight excluding hydrogens is 240 g/mol.